The highest BCUT2D eigenvalue weighted by Gasteiger charge is 2.61. The number of nitriles is 1. The van der Waals surface area contributed by atoms with E-state index >= 15 is 0 Å². The van der Waals surface area contributed by atoms with Gasteiger partial charge in [0.15, 0.2) is 5.13 Å². The Hall–Kier alpha value is -4.74. The minimum Gasteiger partial charge on any atom is -0.486 e. The molecule has 0 fully saturated rings. The summed E-state index contributed by atoms with van der Waals surface area (Å²) in [7, 11) is 1.94. The summed E-state index contributed by atoms with van der Waals surface area (Å²) in [6, 6.07) is 26.8. The predicted molar refractivity (Wildman–Crippen MR) is 161 cm³/mol. The van der Waals surface area contributed by atoms with Gasteiger partial charge in [-0.2, -0.15) is 5.26 Å². The fourth-order valence-electron chi connectivity index (χ4n) is 6.77. The largest absolute Gasteiger partial charge is 0.486 e. The number of thiazole rings is 1. The van der Waals surface area contributed by atoms with E-state index in [0.717, 1.165) is 45.1 Å². The molecule has 0 radical (unpaired) electrons. The van der Waals surface area contributed by atoms with Gasteiger partial charge in [-0.1, -0.05) is 60.7 Å². The molecule has 0 spiro atoms. The van der Waals surface area contributed by atoms with Gasteiger partial charge >= 0.3 is 0 Å². The van der Waals surface area contributed by atoms with Gasteiger partial charge in [0.1, 0.15) is 23.6 Å². The normalized spacial score (nSPS) is 21.7. The van der Waals surface area contributed by atoms with Gasteiger partial charge in [-0.25, -0.2) is 9.97 Å². The quantitative estimate of drug-likeness (QED) is 0.246. The number of anilines is 1. The topological polar surface area (TPSA) is 92.8 Å². The zero-order valence-electron chi connectivity index (χ0n) is 23.4. The summed E-state index contributed by atoms with van der Waals surface area (Å²) >= 11 is 1.42. The number of aromatic nitrogens is 3. The molecule has 208 valence electrons. The molecular formula is C34H29N5O2S. The lowest BCUT2D eigenvalue weighted by Crippen LogP contribution is -2.53. The van der Waals surface area contributed by atoms with E-state index in [1.165, 1.54) is 11.3 Å². The van der Waals surface area contributed by atoms with Crippen LogP contribution in [0.4, 0.5) is 5.13 Å². The first-order chi connectivity index (χ1) is 20.4. The van der Waals surface area contributed by atoms with Crippen molar-refractivity contribution in [2.24, 2.45) is 12.5 Å². The maximum absolute atomic E-state index is 14.1. The van der Waals surface area contributed by atoms with Crippen molar-refractivity contribution in [1.82, 2.24) is 14.5 Å². The molecule has 3 aliphatic carbocycles. The summed E-state index contributed by atoms with van der Waals surface area (Å²) in [5.74, 6) is 1.40. The minimum absolute atomic E-state index is 0.105. The van der Waals surface area contributed by atoms with Gasteiger partial charge in [-0.15, -0.1) is 11.3 Å². The average molecular weight is 572 g/mol. The van der Waals surface area contributed by atoms with Crippen LogP contribution < -0.4 is 10.1 Å². The second kappa shape index (κ2) is 9.97. The van der Waals surface area contributed by atoms with E-state index in [1.54, 1.807) is 6.20 Å². The monoisotopic (exact) mass is 571 g/mol. The van der Waals surface area contributed by atoms with Crippen molar-refractivity contribution in [1.29, 1.82) is 5.26 Å². The molecule has 0 saturated heterocycles. The fourth-order valence-corrected chi connectivity index (χ4v) is 7.48. The van der Waals surface area contributed by atoms with Crippen LogP contribution in [-0.4, -0.2) is 20.4 Å². The summed E-state index contributed by atoms with van der Waals surface area (Å²) in [6.45, 7) is 2.40. The maximum Gasteiger partial charge on any atom is 0.233 e. The molecule has 2 aromatic heterocycles. The van der Waals surface area contributed by atoms with Crippen LogP contribution in [0, 0.1) is 16.7 Å². The van der Waals surface area contributed by atoms with Crippen molar-refractivity contribution in [3.05, 3.63) is 130 Å². The Morgan fingerprint density at radius 2 is 1.79 bits per heavy atom. The van der Waals surface area contributed by atoms with E-state index in [9.17, 15) is 10.1 Å². The van der Waals surface area contributed by atoms with Crippen LogP contribution in [0.15, 0.2) is 90.6 Å². The number of rotatable bonds is 7. The molecular weight excluding hydrogens is 542 g/mol. The van der Waals surface area contributed by atoms with Crippen LogP contribution in [-0.2, 0) is 30.3 Å². The van der Waals surface area contributed by atoms with E-state index in [-0.39, 0.29) is 11.8 Å². The highest BCUT2D eigenvalue weighted by molar-refractivity contribution is 7.13. The molecule has 3 aromatic carbocycles. The van der Waals surface area contributed by atoms with Gasteiger partial charge in [0.2, 0.25) is 5.91 Å². The molecule has 1 N–H and O–H groups in total. The lowest BCUT2D eigenvalue weighted by molar-refractivity contribution is -0.127. The summed E-state index contributed by atoms with van der Waals surface area (Å²) in [5, 5.41) is 16.3. The molecule has 1 amide bonds. The van der Waals surface area contributed by atoms with Gasteiger partial charge in [0.05, 0.1) is 17.2 Å². The molecule has 0 aliphatic heterocycles. The van der Waals surface area contributed by atoms with Gasteiger partial charge in [0, 0.05) is 37.2 Å². The second-order valence-corrected chi connectivity index (χ2v) is 12.2. The Morgan fingerprint density at radius 1 is 1.10 bits per heavy atom. The first-order valence-electron chi connectivity index (χ1n) is 14.0. The number of imidazole rings is 1. The number of ether oxygens (including phenoxy) is 1. The van der Waals surface area contributed by atoms with Crippen LogP contribution >= 0.6 is 11.3 Å². The zero-order valence-corrected chi connectivity index (χ0v) is 24.2. The van der Waals surface area contributed by atoms with Crippen LogP contribution in [0.3, 0.4) is 0 Å². The lowest BCUT2D eigenvalue weighted by Gasteiger charge is -2.54. The summed E-state index contributed by atoms with van der Waals surface area (Å²) in [4.78, 5) is 23.1. The average Bonchev–Trinajstić information content (AvgIpc) is 3.64. The number of benzene rings is 3. The Bertz CT molecular complexity index is 1800. The Kier molecular flexibility index (Phi) is 6.21. The van der Waals surface area contributed by atoms with Gasteiger partial charge in [-0.05, 0) is 53.3 Å². The molecule has 1 atom stereocenters. The molecule has 8 heteroatoms. The number of amides is 1. The fraction of sp³-hybridized carbons (Fsp3) is 0.235. The Labute approximate surface area is 248 Å². The zero-order chi connectivity index (χ0) is 28.9. The van der Waals surface area contributed by atoms with Crippen LogP contribution in [0.1, 0.15) is 58.6 Å². The third-order valence-corrected chi connectivity index (χ3v) is 9.62. The van der Waals surface area contributed by atoms with Crippen molar-refractivity contribution >= 4 is 22.4 Å². The van der Waals surface area contributed by atoms with Crippen LogP contribution in [0.2, 0.25) is 0 Å². The van der Waals surface area contributed by atoms with E-state index in [0.29, 0.717) is 24.6 Å². The van der Waals surface area contributed by atoms with E-state index < -0.39 is 10.8 Å². The van der Waals surface area contributed by atoms with Crippen LogP contribution in [0.25, 0.3) is 0 Å². The predicted octanol–water partition coefficient (Wildman–Crippen LogP) is 6.35. The van der Waals surface area contributed by atoms with E-state index in [1.807, 2.05) is 90.8 Å². The molecule has 2 bridgehead atoms. The standard InChI is InChI=1S/C34H29N5O2S/c1-33(20-34(21-35)27-9-5-3-7-25(27)30(33)26-8-4-6-10-28(26)34)31(40)38-32-37-23(19-42-32)17-22-11-13-24(14-12-22)41-18-29-36-15-16-39(29)2/h3-16,19,30H,17-18,20H2,1-2H3,(H,37,38,40). The first kappa shape index (κ1) is 26.2. The molecule has 1 unspecified atom stereocenters. The smallest absolute Gasteiger partial charge is 0.233 e. The number of nitrogens with one attached hydrogen (secondary N) is 1. The Morgan fingerprint density at radius 3 is 2.43 bits per heavy atom. The molecule has 3 aliphatic rings. The molecule has 7 nitrogen and oxygen atoms in total. The van der Waals surface area contributed by atoms with Crippen molar-refractivity contribution in [2.75, 3.05) is 5.32 Å². The number of fused-ring (bicyclic) bond motifs is 1. The molecule has 2 heterocycles. The van der Waals surface area contributed by atoms with Crippen LogP contribution in [0.5, 0.6) is 5.75 Å². The number of carbonyl (C=O) groups excluding carboxylic acids is 1. The van der Waals surface area contributed by atoms with Crippen molar-refractivity contribution < 1.29 is 9.53 Å². The molecule has 8 rings (SSSR count). The van der Waals surface area contributed by atoms with Gasteiger partial charge in [-0.3, -0.25) is 4.79 Å². The van der Waals surface area contributed by atoms with Gasteiger partial charge < -0.3 is 14.6 Å². The minimum atomic E-state index is -0.866. The number of hydrogen-bond acceptors (Lipinski definition) is 6. The number of nitrogens with zero attached hydrogens (tertiary/aromatic N) is 4. The van der Waals surface area contributed by atoms with Crippen molar-refractivity contribution in [3.63, 3.8) is 0 Å². The maximum atomic E-state index is 14.1. The number of hydrogen-bond donors (Lipinski definition) is 1. The van der Waals surface area contributed by atoms with Crippen molar-refractivity contribution in [3.8, 4) is 11.8 Å². The van der Waals surface area contributed by atoms with E-state index in [2.05, 4.69) is 28.5 Å². The second-order valence-electron chi connectivity index (χ2n) is 11.4. The van der Waals surface area contributed by atoms with E-state index in [4.69, 9.17) is 9.72 Å². The van der Waals surface area contributed by atoms with Crippen molar-refractivity contribution in [2.45, 2.75) is 37.7 Å². The molecule has 42 heavy (non-hydrogen) atoms. The summed E-state index contributed by atoms with van der Waals surface area (Å²) < 4.78 is 7.80. The number of aryl methyl sites for hydroxylation is 1. The number of carbonyl (C=O) groups is 1. The first-order valence-corrected chi connectivity index (χ1v) is 14.8. The summed E-state index contributed by atoms with van der Waals surface area (Å²) in [5.41, 5.74) is 4.48. The molecule has 5 aromatic rings. The third kappa shape index (κ3) is 4.12. The SMILES string of the molecule is Cn1ccnc1COc1ccc(Cc2csc(NC(=O)C3(C)CC4(C#N)c5ccccc5C3c3ccccc34)n2)cc1. The highest BCUT2D eigenvalue weighted by atomic mass is 32.1. The third-order valence-electron chi connectivity index (χ3n) is 8.81. The lowest BCUT2D eigenvalue weighted by atomic mass is 9.47. The van der Waals surface area contributed by atoms with Gasteiger partial charge in [0.25, 0.3) is 0 Å². The Balaban J connectivity index is 1.08. The summed E-state index contributed by atoms with van der Waals surface area (Å²) in [6.07, 6.45) is 4.72. The molecule has 0 saturated carbocycles. The highest BCUT2D eigenvalue weighted by Crippen LogP contribution is 2.63.